The van der Waals surface area contributed by atoms with Crippen LogP contribution in [-0.2, 0) is 4.79 Å². The summed E-state index contributed by atoms with van der Waals surface area (Å²) in [5.41, 5.74) is 1.27. The number of benzene rings is 1. The Morgan fingerprint density at radius 2 is 1.93 bits per heavy atom. The van der Waals surface area contributed by atoms with Crippen LogP contribution in [0.4, 0.5) is 5.69 Å². The highest BCUT2D eigenvalue weighted by molar-refractivity contribution is 5.95. The lowest BCUT2D eigenvalue weighted by Crippen LogP contribution is -2.38. The lowest BCUT2D eigenvalue weighted by atomic mass is 9.91. The van der Waals surface area contributed by atoms with E-state index >= 15 is 0 Å². The number of likely N-dealkylation sites (tertiary alicyclic amines) is 1. The number of carbonyl (C=O) groups excluding carboxylic acids is 2. The molecule has 1 aromatic carbocycles. The molecule has 0 saturated carbocycles. The number of nitrogens with zero attached hydrogens (tertiary/aromatic N) is 1. The fraction of sp³-hybridized carbons (Fsp3) is 0.455. The van der Waals surface area contributed by atoms with Crippen LogP contribution in [0, 0.1) is 12.8 Å². The molecule has 0 atom stereocenters. The number of aryl methyl sites for hydroxylation is 1. The Kier molecular flexibility index (Phi) is 6.80. The van der Waals surface area contributed by atoms with E-state index in [0.29, 0.717) is 53.9 Å². The molecule has 3 rings (SSSR count). The van der Waals surface area contributed by atoms with E-state index in [4.69, 9.17) is 13.9 Å². The lowest BCUT2D eigenvalue weighted by Gasteiger charge is -2.32. The van der Waals surface area contributed by atoms with E-state index in [2.05, 4.69) is 5.32 Å². The van der Waals surface area contributed by atoms with Crippen LogP contribution < -0.4 is 14.8 Å². The molecular formula is C22H28N2O5. The number of ether oxygens (including phenoxy) is 2. The van der Waals surface area contributed by atoms with Crippen LogP contribution >= 0.6 is 0 Å². The summed E-state index contributed by atoms with van der Waals surface area (Å²) in [5, 5.41) is 2.91. The van der Waals surface area contributed by atoms with Gasteiger partial charge >= 0.3 is 0 Å². The monoisotopic (exact) mass is 400 g/mol. The third-order valence-electron chi connectivity index (χ3n) is 5.45. The standard InChI is InChI=1S/C22H28N2O5/c1-15-18(10-13-29-15)22(26)24-11-8-16(9-12-24)4-7-21(25)23-19-6-5-17(27-2)14-20(19)28-3/h5-6,10,13-14,16H,4,7-9,11-12H2,1-3H3,(H,23,25). The molecule has 0 spiro atoms. The molecule has 2 amide bonds. The van der Waals surface area contributed by atoms with E-state index in [0.717, 1.165) is 19.3 Å². The van der Waals surface area contributed by atoms with Crippen molar-refractivity contribution in [1.82, 2.24) is 4.90 Å². The first-order chi connectivity index (χ1) is 14.0. The van der Waals surface area contributed by atoms with E-state index < -0.39 is 0 Å². The summed E-state index contributed by atoms with van der Waals surface area (Å²) < 4.78 is 15.7. The topological polar surface area (TPSA) is 81.0 Å². The molecule has 0 bridgehead atoms. The summed E-state index contributed by atoms with van der Waals surface area (Å²) in [6, 6.07) is 7.02. The van der Waals surface area contributed by atoms with Crippen molar-refractivity contribution < 1.29 is 23.5 Å². The summed E-state index contributed by atoms with van der Waals surface area (Å²) >= 11 is 0. The molecule has 1 aliphatic rings. The molecule has 2 aromatic rings. The quantitative estimate of drug-likeness (QED) is 0.763. The van der Waals surface area contributed by atoms with Crippen LogP contribution in [0.1, 0.15) is 41.8 Å². The molecule has 7 nitrogen and oxygen atoms in total. The van der Waals surface area contributed by atoms with Crippen LogP contribution in [0.15, 0.2) is 34.9 Å². The second-order valence-electron chi connectivity index (χ2n) is 7.28. The minimum absolute atomic E-state index is 0.0269. The molecule has 0 aliphatic carbocycles. The van der Waals surface area contributed by atoms with E-state index in [1.54, 1.807) is 51.7 Å². The maximum atomic E-state index is 12.5. The van der Waals surface area contributed by atoms with Crippen molar-refractivity contribution in [2.75, 3.05) is 32.6 Å². The molecule has 29 heavy (non-hydrogen) atoms. The number of hydrogen-bond donors (Lipinski definition) is 1. The van der Waals surface area contributed by atoms with E-state index in [9.17, 15) is 9.59 Å². The number of nitrogens with one attached hydrogen (secondary N) is 1. The van der Waals surface area contributed by atoms with Crippen LogP contribution in [-0.4, -0.2) is 44.0 Å². The van der Waals surface area contributed by atoms with Gasteiger partial charge in [0.15, 0.2) is 0 Å². The lowest BCUT2D eigenvalue weighted by molar-refractivity contribution is -0.116. The van der Waals surface area contributed by atoms with E-state index in [1.165, 1.54) is 0 Å². The van der Waals surface area contributed by atoms with Crippen LogP contribution in [0.2, 0.25) is 0 Å². The van der Waals surface area contributed by atoms with Gasteiger partial charge in [-0.05, 0) is 50.3 Å². The highest BCUT2D eigenvalue weighted by Gasteiger charge is 2.25. The molecular weight excluding hydrogens is 372 g/mol. The van der Waals surface area contributed by atoms with Gasteiger partial charge in [-0.25, -0.2) is 0 Å². The van der Waals surface area contributed by atoms with Gasteiger partial charge < -0.3 is 24.1 Å². The largest absolute Gasteiger partial charge is 0.497 e. The number of furan rings is 1. The van der Waals surface area contributed by atoms with Crippen LogP contribution in [0.5, 0.6) is 11.5 Å². The van der Waals surface area contributed by atoms with E-state index in [1.807, 2.05) is 4.90 Å². The zero-order chi connectivity index (χ0) is 20.8. The molecule has 1 saturated heterocycles. The maximum absolute atomic E-state index is 12.5. The molecule has 156 valence electrons. The smallest absolute Gasteiger partial charge is 0.257 e. The highest BCUT2D eigenvalue weighted by Crippen LogP contribution is 2.30. The first kappa shape index (κ1) is 20.8. The first-order valence-electron chi connectivity index (χ1n) is 9.87. The molecule has 0 unspecified atom stereocenters. The average molecular weight is 400 g/mol. The number of methoxy groups -OCH3 is 2. The van der Waals surface area contributed by atoms with Crippen molar-refractivity contribution in [2.45, 2.75) is 32.6 Å². The Hall–Kier alpha value is -2.96. The highest BCUT2D eigenvalue weighted by atomic mass is 16.5. The molecule has 2 heterocycles. The van der Waals surface area contributed by atoms with Crippen molar-refractivity contribution in [3.63, 3.8) is 0 Å². The number of rotatable bonds is 7. The Morgan fingerprint density at radius 1 is 1.17 bits per heavy atom. The summed E-state index contributed by atoms with van der Waals surface area (Å²) in [5.74, 6) is 2.32. The fourth-order valence-electron chi connectivity index (χ4n) is 3.65. The number of anilines is 1. The summed E-state index contributed by atoms with van der Waals surface area (Å²) in [6.07, 6.45) is 4.60. The minimum Gasteiger partial charge on any atom is -0.497 e. The average Bonchev–Trinajstić information content (AvgIpc) is 3.18. The molecule has 1 aromatic heterocycles. The first-order valence-corrected chi connectivity index (χ1v) is 9.87. The molecule has 7 heteroatoms. The number of piperidine rings is 1. The van der Waals surface area contributed by atoms with Crippen LogP contribution in [0.3, 0.4) is 0 Å². The minimum atomic E-state index is -0.0407. The number of amides is 2. The van der Waals surface area contributed by atoms with Gasteiger partial charge in [0.2, 0.25) is 5.91 Å². The molecule has 1 aliphatic heterocycles. The van der Waals surface area contributed by atoms with Gasteiger partial charge in [-0.3, -0.25) is 9.59 Å². The van der Waals surface area contributed by atoms with Crippen molar-refractivity contribution >= 4 is 17.5 Å². The predicted octanol–water partition coefficient (Wildman–Crippen LogP) is 3.88. The normalized spacial score (nSPS) is 14.5. The summed E-state index contributed by atoms with van der Waals surface area (Å²) in [4.78, 5) is 26.8. The summed E-state index contributed by atoms with van der Waals surface area (Å²) in [6.45, 7) is 3.22. The molecule has 1 N–H and O–H groups in total. The second kappa shape index (κ2) is 9.49. The zero-order valence-electron chi connectivity index (χ0n) is 17.2. The fourth-order valence-corrected chi connectivity index (χ4v) is 3.65. The Balaban J connectivity index is 1.45. The SMILES string of the molecule is COc1ccc(NC(=O)CCC2CCN(C(=O)c3ccoc3C)CC2)c(OC)c1. The third kappa shape index (κ3) is 5.10. The van der Waals surface area contributed by atoms with Crippen molar-refractivity contribution in [3.05, 3.63) is 41.9 Å². The van der Waals surface area contributed by atoms with E-state index in [-0.39, 0.29) is 11.8 Å². The van der Waals surface area contributed by atoms with Gasteiger partial charge in [-0.2, -0.15) is 0 Å². The van der Waals surface area contributed by atoms with Crippen molar-refractivity contribution in [2.24, 2.45) is 5.92 Å². The van der Waals surface area contributed by atoms with Gasteiger partial charge in [0.1, 0.15) is 17.3 Å². The van der Waals surface area contributed by atoms with Gasteiger partial charge in [-0.1, -0.05) is 0 Å². The number of hydrogen-bond acceptors (Lipinski definition) is 5. The molecule has 0 radical (unpaired) electrons. The van der Waals surface area contributed by atoms with Crippen LogP contribution in [0.25, 0.3) is 0 Å². The van der Waals surface area contributed by atoms with Gasteiger partial charge in [0.25, 0.3) is 5.91 Å². The Bertz CT molecular complexity index is 853. The van der Waals surface area contributed by atoms with Gasteiger partial charge in [0, 0.05) is 25.6 Å². The second-order valence-corrected chi connectivity index (χ2v) is 7.28. The van der Waals surface area contributed by atoms with Crippen molar-refractivity contribution in [1.29, 1.82) is 0 Å². The zero-order valence-corrected chi connectivity index (χ0v) is 17.2. The molecule has 1 fully saturated rings. The Labute approximate surface area is 171 Å². The van der Waals surface area contributed by atoms with Gasteiger partial charge in [-0.15, -0.1) is 0 Å². The predicted molar refractivity (Wildman–Crippen MR) is 109 cm³/mol. The Morgan fingerprint density at radius 3 is 2.55 bits per heavy atom. The number of carbonyl (C=O) groups is 2. The van der Waals surface area contributed by atoms with Crippen molar-refractivity contribution in [3.8, 4) is 11.5 Å². The maximum Gasteiger partial charge on any atom is 0.257 e. The third-order valence-corrected chi connectivity index (χ3v) is 5.45. The van der Waals surface area contributed by atoms with Gasteiger partial charge in [0.05, 0.1) is 31.7 Å². The summed E-state index contributed by atoms with van der Waals surface area (Å²) in [7, 11) is 3.15.